The Morgan fingerprint density at radius 2 is 2.29 bits per heavy atom. The Kier molecular flexibility index (Phi) is 3.87. The Bertz CT molecular complexity index is 865. The van der Waals surface area contributed by atoms with Crippen LogP contribution in [0.3, 0.4) is 0 Å². The molecular formula is C17H18FN5O. The maximum absolute atomic E-state index is 14.4. The summed E-state index contributed by atoms with van der Waals surface area (Å²) in [5, 5.41) is 0.850. The van der Waals surface area contributed by atoms with Gasteiger partial charge in [-0.25, -0.2) is 9.37 Å². The first kappa shape index (κ1) is 15.0. The average Bonchev–Trinajstić information content (AvgIpc) is 3.06. The first-order valence-corrected chi connectivity index (χ1v) is 7.92. The van der Waals surface area contributed by atoms with E-state index in [1.54, 1.807) is 18.5 Å². The standard InChI is InChI=1S/C17H18FN5O/c18-13-3-4-15(23-6-7-24-11(8-19)10-23)22-17(13)16-12-2-1-5-20-14(12)9-21-16/h1-5,9,11,21H,6-8,10,19H2. The molecule has 0 amide bonds. The van der Waals surface area contributed by atoms with Crippen molar-refractivity contribution in [3.8, 4) is 11.4 Å². The van der Waals surface area contributed by atoms with Gasteiger partial charge >= 0.3 is 0 Å². The predicted molar refractivity (Wildman–Crippen MR) is 90.3 cm³/mol. The van der Waals surface area contributed by atoms with E-state index in [2.05, 4.69) is 19.9 Å². The van der Waals surface area contributed by atoms with Crippen LogP contribution in [-0.2, 0) is 4.74 Å². The van der Waals surface area contributed by atoms with Gasteiger partial charge in [0.05, 0.1) is 23.9 Å². The van der Waals surface area contributed by atoms with E-state index in [9.17, 15) is 4.39 Å². The third-order valence-corrected chi connectivity index (χ3v) is 4.25. The zero-order valence-electron chi connectivity index (χ0n) is 13.1. The van der Waals surface area contributed by atoms with Gasteiger partial charge in [0.2, 0.25) is 0 Å². The van der Waals surface area contributed by atoms with Crippen LogP contribution < -0.4 is 10.6 Å². The Morgan fingerprint density at radius 3 is 3.17 bits per heavy atom. The lowest BCUT2D eigenvalue weighted by atomic mass is 10.2. The van der Waals surface area contributed by atoms with Crippen molar-refractivity contribution in [2.45, 2.75) is 6.10 Å². The molecule has 0 saturated carbocycles. The van der Waals surface area contributed by atoms with Crippen LogP contribution in [0.5, 0.6) is 0 Å². The molecule has 1 aliphatic heterocycles. The SMILES string of the molecule is NCC1CN(c2ccc(F)c(-c3[nH]cc4ncccc34)n2)CCO1. The molecule has 0 bridgehead atoms. The van der Waals surface area contributed by atoms with Crippen molar-refractivity contribution in [2.75, 3.05) is 31.1 Å². The molecule has 1 aliphatic rings. The second-order valence-electron chi connectivity index (χ2n) is 5.77. The van der Waals surface area contributed by atoms with Crippen molar-refractivity contribution >= 4 is 16.7 Å². The summed E-state index contributed by atoms with van der Waals surface area (Å²) in [6, 6.07) is 6.88. The topological polar surface area (TPSA) is 80.1 Å². The number of hydrogen-bond donors (Lipinski definition) is 2. The van der Waals surface area contributed by atoms with Gasteiger partial charge in [-0.05, 0) is 24.3 Å². The number of anilines is 1. The second kappa shape index (κ2) is 6.18. The molecule has 1 fully saturated rings. The summed E-state index contributed by atoms with van der Waals surface area (Å²) < 4.78 is 20.0. The van der Waals surface area contributed by atoms with Crippen LogP contribution in [0.15, 0.2) is 36.7 Å². The molecule has 1 unspecified atom stereocenters. The highest BCUT2D eigenvalue weighted by Crippen LogP contribution is 2.29. The number of aromatic nitrogens is 3. The Hall–Kier alpha value is -2.51. The quantitative estimate of drug-likeness (QED) is 0.768. The number of fused-ring (bicyclic) bond motifs is 1. The molecule has 24 heavy (non-hydrogen) atoms. The van der Waals surface area contributed by atoms with E-state index in [4.69, 9.17) is 10.5 Å². The first-order chi connectivity index (χ1) is 11.8. The van der Waals surface area contributed by atoms with Crippen LogP contribution in [0.4, 0.5) is 10.2 Å². The molecule has 6 nitrogen and oxygen atoms in total. The molecule has 0 spiro atoms. The first-order valence-electron chi connectivity index (χ1n) is 7.92. The van der Waals surface area contributed by atoms with Crippen LogP contribution in [-0.4, -0.2) is 47.3 Å². The molecule has 3 aromatic heterocycles. The second-order valence-corrected chi connectivity index (χ2v) is 5.77. The predicted octanol–water partition coefficient (Wildman–Crippen LogP) is 1.93. The number of rotatable bonds is 3. The molecule has 0 aromatic carbocycles. The van der Waals surface area contributed by atoms with E-state index >= 15 is 0 Å². The molecule has 3 N–H and O–H groups in total. The minimum Gasteiger partial charge on any atom is -0.373 e. The van der Waals surface area contributed by atoms with Crippen LogP contribution >= 0.6 is 0 Å². The molecular weight excluding hydrogens is 309 g/mol. The maximum Gasteiger partial charge on any atom is 0.151 e. The van der Waals surface area contributed by atoms with Crippen molar-refractivity contribution < 1.29 is 9.13 Å². The lowest BCUT2D eigenvalue weighted by molar-refractivity contribution is 0.0463. The summed E-state index contributed by atoms with van der Waals surface area (Å²) in [4.78, 5) is 14.0. The number of nitrogens with one attached hydrogen (secondary N) is 1. The zero-order chi connectivity index (χ0) is 16.5. The normalized spacial score (nSPS) is 18.2. The summed E-state index contributed by atoms with van der Waals surface area (Å²) in [5.41, 5.74) is 7.42. The van der Waals surface area contributed by atoms with Gasteiger partial charge in [0, 0.05) is 37.4 Å². The van der Waals surface area contributed by atoms with Gasteiger partial charge in [-0.1, -0.05) is 0 Å². The fourth-order valence-electron chi connectivity index (χ4n) is 3.01. The van der Waals surface area contributed by atoms with Gasteiger partial charge in [0.15, 0.2) is 5.82 Å². The van der Waals surface area contributed by atoms with Gasteiger partial charge in [0.25, 0.3) is 0 Å². The van der Waals surface area contributed by atoms with Crippen molar-refractivity contribution in [1.82, 2.24) is 15.0 Å². The van der Waals surface area contributed by atoms with Crippen molar-refractivity contribution in [2.24, 2.45) is 5.73 Å². The summed E-state index contributed by atoms with van der Waals surface area (Å²) >= 11 is 0. The summed E-state index contributed by atoms with van der Waals surface area (Å²) in [7, 11) is 0. The fourth-order valence-corrected chi connectivity index (χ4v) is 3.01. The maximum atomic E-state index is 14.4. The Balaban J connectivity index is 1.74. The Morgan fingerprint density at radius 1 is 1.38 bits per heavy atom. The van der Waals surface area contributed by atoms with Gasteiger partial charge in [-0.2, -0.15) is 0 Å². The minimum atomic E-state index is -0.366. The van der Waals surface area contributed by atoms with Gasteiger partial charge in [-0.15, -0.1) is 0 Å². The molecule has 4 heterocycles. The summed E-state index contributed by atoms with van der Waals surface area (Å²) in [6.45, 7) is 2.41. The number of halogens is 1. The lowest BCUT2D eigenvalue weighted by Crippen LogP contribution is -2.46. The summed E-state index contributed by atoms with van der Waals surface area (Å²) in [5.74, 6) is 0.356. The molecule has 4 rings (SSSR count). The van der Waals surface area contributed by atoms with E-state index in [0.29, 0.717) is 37.6 Å². The number of H-pyrrole nitrogens is 1. The number of hydrogen-bond acceptors (Lipinski definition) is 5. The number of nitrogens with two attached hydrogens (primary N) is 1. The summed E-state index contributed by atoms with van der Waals surface area (Å²) in [6.07, 6.45) is 3.45. The molecule has 1 saturated heterocycles. The molecule has 3 aromatic rings. The molecule has 7 heteroatoms. The lowest BCUT2D eigenvalue weighted by Gasteiger charge is -2.33. The van der Waals surface area contributed by atoms with E-state index < -0.39 is 0 Å². The number of pyridine rings is 2. The third-order valence-electron chi connectivity index (χ3n) is 4.25. The van der Waals surface area contributed by atoms with Crippen molar-refractivity contribution in [1.29, 1.82) is 0 Å². The highest BCUT2D eigenvalue weighted by Gasteiger charge is 2.22. The van der Waals surface area contributed by atoms with Gasteiger partial charge < -0.3 is 20.4 Å². The largest absolute Gasteiger partial charge is 0.373 e. The third kappa shape index (κ3) is 2.61. The van der Waals surface area contributed by atoms with Crippen LogP contribution in [0.2, 0.25) is 0 Å². The average molecular weight is 327 g/mol. The monoisotopic (exact) mass is 327 g/mol. The molecule has 1 atom stereocenters. The zero-order valence-corrected chi connectivity index (χ0v) is 13.1. The van der Waals surface area contributed by atoms with E-state index in [1.165, 1.54) is 6.07 Å². The Labute approximate surface area is 138 Å². The molecule has 0 aliphatic carbocycles. The van der Waals surface area contributed by atoms with Crippen LogP contribution in [0.25, 0.3) is 22.3 Å². The number of nitrogens with zero attached hydrogens (tertiary/aromatic N) is 3. The van der Waals surface area contributed by atoms with E-state index in [0.717, 1.165) is 16.7 Å². The number of aromatic amines is 1. The van der Waals surface area contributed by atoms with Gasteiger partial charge in [-0.3, -0.25) is 4.98 Å². The van der Waals surface area contributed by atoms with Crippen molar-refractivity contribution in [3.63, 3.8) is 0 Å². The molecule has 124 valence electrons. The van der Waals surface area contributed by atoms with Crippen LogP contribution in [0.1, 0.15) is 0 Å². The number of ether oxygens (including phenoxy) is 1. The van der Waals surface area contributed by atoms with Crippen LogP contribution in [0, 0.1) is 5.82 Å². The van der Waals surface area contributed by atoms with Gasteiger partial charge in [0.1, 0.15) is 11.5 Å². The van der Waals surface area contributed by atoms with E-state index in [-0.39, 0.29) is 11.9 Å². The van der Waals surface area contributed by atoms with E-state index in [1.807, 2.05) is 12.1 Å². The molecule has 0 radical (unpaired) electrons. The number of morpholine rings is 1. The fraction of sp³-hybridized carbons (Fsp3) is 0.294. The van der Waals surface area contributed by atoms with Crippen molar-refractivity contribution in [3.05, 3.63) is 42.5 Å². The highest BCUT2D eigenvalue weighted by atomic mass is 19.1. The highest BCUT2D eigenvalue weighted by molar-refractivity contribution is 5.92. The smallest absolute Gasteiger partial charge is 0.151 e. The minimum absolute atomic E-state index is 0.0235.